The van der Waals surface area contributed by atoms with Crippen molar-refractivity contribution in [2.24, 2.45) is 0 Å². The Morgan fingerprint density at radius 3 is 2.87 bits per heavy atom. The SMILES string of the molecule is Cc1cc(Cl)ccc1S(=O)NC1=CC(Cl)=C(Oc2cnc3ccc#cc3c2)C(Cl)C1. The molecule has 0 spiro atoms. The number of benzene rings is 1. The van der Waals surface area contributed by atoms with Gasteiger partial charge in [-0.25, -0.2) is 4.21 Å². The molecule has 4 nitrogen and oxygen atoms in total. The lowest BCUT2D eigenvalue weighted by Crippen LogP contribution is -2.24. The van der Waals surface area contributed by atoms with E-state index in [0.29, 0.717) is 38.6 Å². The minimum absolute atomic E-state index is 0.331. The van der Waals surface area contributed by atoms with Gasteiger partial charge in [-0.2, -0.15) is 0 Å². The van der Waals surface area contributed by atoms with E-state index in [-0.39, 0.29) is 0 Å². The van der Waals surface area contributed by atoms with Crippen molar-refractivity contribution in [3.8, 4) is 5.75 Å². The average molecular weight is 478 g/mol. The molecule has 2 unspecified atom stereocenters. The molecule has 0 radical (unpaired) electrons. The van der Waals surface area contributed by atoms with Crippen molar-refractivity contribution in [1.82, 2.24) is 9.71 Å². The number of hydrogen-bond donors (Lipinski definition) is 1. The summed E-state index contributed by atoms with van der Waals surface area (Å²) in [7, 11) is -1.47. The van der Waals surface area contributed by atoms with Crippen LogP contribution in [0.2, 0.25) is 5.02 Å². The van der Waals surface area contributed by atoms with Gasteiger partial charge in [0.1, 0.15) is 22.5 Å². The molecule has 3 aromatic rings. The molecule has 1 aromatic heterocycles. The van der Waals surface area contributed by atoms with E-state index in [4.69, 9.17) is 39.5 Å². The van der Waals surface area contributed by atoms with E-state index in [1.165, 1.54) is 0 Å². The van der Waals surface area contributed by atoms with Crippen LogP contribution in [0.15, 0.2) is 70.1 Å². The number of pyridine rings is 1. The number of aryl methyl sites for hydroxylation is 1. The number of alkyl halides is 1. The zero-order valence-electron chi connectivity index (χ0n) is 15.7. The number of nitrogens with zero attached hydrogens (tertiary/aromatic N) is 1. The van der Waals surface area contributed by atoms with E-state index >= 15 is 0 Å². The van der Waals surface area contributed by atoms with Crippen molar-refractivity contribution in [3.05, 3.63) is 87.9 Å². The lowest BCUT2D eigenvalue weighted by atomic mass is 10.1. The van der Waals surface area contributed by atoms with Crippen LogP contribution in [0.4, 0.5) is 0 Å². The summed E-state index contributed by atoms with van der Waals surface area (Å²) < 4.78 is 21.6. The lowest BCUT2D eigenvalue weighted by Gasteiger charge is -2.23. The number of allylic oxidation sites excluding steroid dienone is 4. The molecular formula is C22H15Cl3N2O2S. The van der Waals surface area contributed by atoms with Crippen LogP contribution in [0.1, 0.15) is 12.0 Å². The highest BCUT2D eigenvalue weighted by Crippen LogP contribution is 2.32. The number of hydrogen-bond acceptors (Lipinski definition) is 3. The van der Waals surface area contributed by atoms with Crippen molar-refractivity contribution >= 4 is 56.7 Å². The zero-order chi connectivity index (χ0) is 21.3. The van der Waals surface area contributed by atoms with Crippen molar-refractivity contribution < 1.29 is 8.95 Å². The van der Waals surface area contributed by atoms with Crippen LogP contribution >= 0.6 is 34.8 Å². The normalized spacial score (nSPS) is 17.3. The van der Waals surface area contributed by atoms with E-state index in [2.05, 4.69) is 21.8 Å². The first-order valence-corrected chi connectivity index (χ1v) is 11.3. The van der Waals surface area contributed by atoms with Crippen molar-refractivity contribution in [2.75, 3.05) is 0 Å². The number of fused-ring (bicyclic) bond motifs is 1. The van der Waals surface area contributed by atoms with Gasteiger partial charge in [-0.3, -0.25) is 4.98 Å². The van der Waals surface area contributed by atoms with Crippen LogP contribution in [-0.4, -0.2) is 14.6 Å². The molecule has 152 valence electrons. The maximum atomic E-state index is 12.7. The summed E-state index contributed by atoms with van der Waals surface area (Å²) in [6, 6.07) is 16.5. The first-order valence-electron chi connectivity index (χ1n) is 8.95. The predicted molar refractivity (Wildman–Crippen MR) is 121 cm³/mol. The van der Waals surface area contributed by atoms with Gasteiger partial charge >= 0.3 is 0 Å². The van der Waals surface area contributed by atoms with Crippen LogP contribution in [0.3, 0.4) is 0 Å². The van der Waals surface area contributed by atoms with E-state index in [9.17, 15) is 4.21 Å². The molecule has 1 aliphatic carbocycles. The molecule has 0 saturated heterocycles. The fourth-order valence-electron chi connectivity index (χ4n) is 3.01. The van der Waals surface area contributed by atoms with Gasteiger partial charge in [0.15, 0.2) is 0 Å². The molecule has 1 heterocycles. The summed E-state index contributed by atoms with van der Waals surface area (Å²) in [6.07, 6.45) is 3.66. The van der Waals surface area contributed by atoms with Gasteiger partial charge in [0.05, 0.1) is 32.4 Å². The Morgan fingerprint density at radius 2 is 2.10 bits per heavy atom. The molecule has 30 heavy (non-hydrogen) atoms. The fraction of sp³-hybridized carbons (Fsp3) is 0.136. The van der Waals surface area contributed by atoms with E-state index in [1.54, 1.807) is 42.6 Å². The number of aromatic nitrogens is 1. The zero-order valence-corrected chi connectivity index (χ0v) is 18.8. The second-order valence-electron chi connectivity index (χ2n) is 6.64. The van der Waals surface area contributed by atoms with Gasteiger partial charge in [0.25, 0.3) is 0 Å². The van der Waals surface area contributed by atoms with Gasteiger partial charge in [-0.15, -0.1) is 11.6 Å². The Morgan fingerprint density at radius 1 is 1.27 bits per heavy atom. The Balaban J connectivity index is 1.54. The molecule has 0 aliphatic heterocycles. The molecule has 0 bridgehead atoms. The third-order valence-corrected chi connectivity index (χ3v) is 6.62. The van der Waals surface area contributed by atoms with Gasteiger partial charge in [-0.1, -0.05) is 35.3 Å². The minimum atomic E-state index is -1.47. The Labute approximate surface area is 192 Å². The number of rotatable bonds is 5. The maximum Gasteiger partial charge on any atom is 0.150 e. The molecule has 0 saturated carbocycles. The summed E-state index contributed by atoms with van der Waals surface area (Å²) in [4.78, 5) is 4.98. The summed E-state index contributed by atoms with van der Waals surface area (Å²) in [5.74, 6) is 0.917. The third-order valence-electron chi connectivity index (χ3n) is 4.43. The van der Waals surface area contributed by atoms with Crippen molar-refractivity contribution in [2.45, 2.75) is 23.6 Å². The fourth-order valence-corrected chi connectivity index (χ4v) is 4.96. The van der Waals surface area contributed by atoms with Crippen molar-refractivity contribution in [1.29, 1.82) is 0 Å². The lowest BCUT2D eigenvalue weighted by molar-refractivity contribution is 0.400. The second kappa shape index (κ2) is 8.87. The van der Waals surface area contributed by atoms with Crippen LogP contribution < -0.4 is 9.46 Å². The summed E-state index contributed by atoms with van der Waals surface area (Å²) in [6.45, 7) is 1.85. The van der Waals surface area contributed by atoms with Crippen LogP contribution in [-0.2, 0) is 11.0 Å². The first-order chi connectivity index (χ1) is 14.4. The van der Waals surface area contributed by atoms with Crippen LogP contribution in [0.25, 0.3) is 10.9 Å². The summed E-state index contributed by atoms with van der Waals surface area (Å²) in [5, 5.41) is 1.17. The standard InChI is InChI=1S/C22H15Cl3N2O2S/c1-13-8-15(23)6-7-21(13)30(28)27-16-10-18(24)22(19(25)11-16)29-17-9-14-4-2-3-5-20(14)26-12-17/h3,5-10,12,19,27H,11H2,1H3. The van der Waals surface area contributed by atoms with Crippen LogP contribution in [0, 0.1) is 19.1 Å². The summed E-state index contributed by atoms with van der Waals surface area (Å²) in [5.41, 5.74) is 2.27. The van der Waals surface area contributed by atoms with Gasteiger partial charge in [-0.05, 0) is 48.9 Å². The van der Waals surface area contributed by atoms with Crippen molar-refractivity contribution in [3.63, 3.8) is 0 Å². The topological polar surface area (TPSA) is 51.2 Å². The smallest absolute Gasteiger partial charge is 0.150 e. The quantitative estimate of drug-likeness (QED) is 0.470. The van der Waals surface area contributed by atoms with E-state index in [1.807, 2.05) is 13.0 Å². The Kier molecular flexibility index (Phi) is 6.21. The molecule has 4 rings (SSSR count). The highest BCUT2D eigenvalue weighted by molar-refractivity contribution is 7.83. The molecule has 1 N–H and O–H groups in total. The Hall–Kier alpha value is -2.23. The number of ether oxygens (including phenoxy) is 1. The molecule has 0 fully saturated rings. The first kappa shape index (κ1) is 21.0. The third kappa shape index (κ3) is 4.58. The maximum absolute atomic E-state index is 12.7. The highest BCUT2D eigenvalue weighted by Gasteiger charge is 2.25. The largest absolute Gasteiger partial charge is 0.457 e. The van der Waals surface area contributed by atoms with Crippen LogP contribution in [0.5, 0.6) is 5.75 Å². The van der Waals surface area contributed by atoms with Gasteiger partial charge in [0.2, 0.25) is 0 Å². The average Bonchev–Trinajstić information content (AvgIpc) is 2.70. The molecular weight excluding hydrogens is 463 g/mol. The van der Waals surface area contributed by atoms with Gasteiger partial charge < -0.3 is 9.46 Å². The second-order valence-corrected chi connectivity index (χ2v) is 9.19. The monoisotopic (exact) mass is 476 g/mol. The molecule has 0 amide bonds. The Bertz CT molecular complexity index is 1210. The van der Waals surface area contributed by atoms with E-state index in [0.717, 1.165) is 16.5 Å². The number of halogens is 3. The molecule has 8 heteroatoms. The molecule has 2 aromatic carbocycles. The minimum Gasteiger partial charge on any atom is -0.457 e. The molecule has 1 aliphatic rings. The molecule has 2 atom stereocenters. The number of nitrogens with one attached hydrogen (secondary N) is 1. The van der Waals surface area contributed by atoms with Gasteiger partial charge in [0, 0.05) is 23.2 Å². The van der Waals surface area contributed by atoms with E-state index < -0.39 is 16.4 Å². The highest BCUT2D eigenvalue weighted by atomic mass is 35.5. The summed E-state index contributed by atoms with van der Waals surface area (Å²) >= 11 is 18.9. The predicted octanol–water partition coefficient (Wildman–Crippen LogP) is 5.83.